The molecule has 0 radical (unpaired) electrons. The molecule has 0 saturated heterocycles. The number of rotatable bonds is 2. The molecule has 1 amide bonds. The zero-order valence-electron chi connectivity index (χ0n) is 9.83. The van der Waals surface area contributed by atoms with E-state index >= 15 is 0 Å². The van der Waals surface area contributed by atoms with Gasteiger partial charge in [0.2, 0.25) is 0 Å². The Labute approximate surface area is 124 Å². The summed E-state index contributed by atoms with van der Waals surface area (Å²) in [6, 6.07) is 6.65. The van der Waals surface area contributed by atoms with E-state index in [-0.39, 0.29) is 5.91 Å². The number of anilines is 1. The van der Waals surface area contributed by atoms with Gasteiger partial charge in [0.05, 0.1) is 27.4 Å². The molecule has 0 atom stereocenters. The van der Waals surface area contributed by atoms with E-state index < -0.39 is 0 Å². The van der Waals surface area contributed by atoms with Crippen molar-refractivity contribution in [3.05, 3.63) is 49.6 Å². The number of nitrogens with one attached hydrogen (secondary N) is 1. The van der Waals surface area contributed by atoms with Crippen LogP contribution in [0.3, 0.4) is 0 Å². The SMILES string of the molecule is Cc1csc(C(=O)Nc2ccc(C#N)cc2Cl)c1Cl. The normalized spacial score (nSPS) is 10.0. The first kappa shape index (κ1) is 13.9. The number of hydrogen-bond donors (Lipinski definition) is 1. The van der Waals surface area contributed by atoms with Crippen LogP contribution >= 0.6 is 34.5 Å². The number of nitrogens with zero attached hydrogens (tertiary/aromatic N) is 1. The number of hydrogen-bond acceptors (Lipinski definition) is 3. The summed E-state index contributed by atoms with van der Waals surface area (Å²) in [5.41, 5.74) is 1.75. The summed E-state index contributed by atoms with van der Waals surface area (Å²) in [5.74, 6) is -0.310. The third-order valence-electron chi connectivity index (χ3n) is 2.45. The zero-order valence-corrected chi connectivity index (χ0v) is 12.2. The maximum atomic E-state index is 12.0. The van der Waals surface area contributed by atoms with Crippen LogP contribution in [0.25, 0.3) is 0 Å². The summed E-state index contributed by atoms with van der Waals surface area (Å²) in [5, 5.41) is 14.0. The van der Waals surface area contributed by atoms with Crippen LogP contribution in [-0.2, 0) is 0 Å². The lowest BCUT2D eigenvalue weighted by Crippen LogP contribution is -2.11. The second kappa shape index (κ2) is 5.62. The van der Waals surface area contributed by atoms with E-state index in [0.717, 1.165) is 5.56 Å². The Bertz CT molecular complexity index is 688. The molecule has 0 saturated carbocycles. The number of aryl methyl sites for hydroxylation is 1. The molecule has 1 aromatic heterocycles. The Hall–Kier alpha value is -1.54. The standard InChI is InChI=1S/C13H8Cl2N2OS/c1-7-6-19-12(11(7)15)13(18)17-10-3-2-8(5-16)4-9(10)14/h2-4,6H,1H3,(H,17,18). The number of carbonyl (C=O) groups excluding carboxylic acids is 1. The second-order valence-electron chi connectivity index (χ2n) is 3.82. The van der Waals surface area contributed by atoms with Crippen LogP contribution in [-0.4, -0.2) is 5.91 Å². The number of amides is 1. The average molecular weight is 311 g/mol. The van der Waals surface area contributed by atoms with Crippen LogP contribution in [0.4, 0.5) is 5.69 Å². The van der Waals surface area contributed by atoms with E-state index in [0.29, 0.717) is 26.2 Å². The van der Waals surface area contributed by atoms with Gasteiger partial charge in [0.25, 0.3) is 5.91 Å². The zero-order chi connectivity index (χ0) is 14.0. The van der Waals surface area contributed by atoms with Crippen molar-refractivity contribution >= 4 is 46.1 Å². The minimum Gasteiger partial charge on any atom is -0.320 e. The number of nitriles is 1. The van der Waals surface area contributed by atoms with Crippen LogP contribution in [0.5, 0.6) is 0 Å². The fraction of sp³-hybridized carbons (Fsp3) is 0.0769. The van der Waals surface area contributed by atoms with Crippen LogP contribution in [0.15, 0.2) is 23.6 Å². The Morgan fingerprint density at radius 2 is 2.16 bits per heavy atom. The molecular weight excluding hydrogens is 303 g/mol. The monoisotopic (exact) mass is 310 g/mol. The predicted octanol–water partition coefficient (Wildman–Crippen LogP) is 4.49. The molecule has 2 rings (SSSR count). The topological polar surface area (TPSA) is 52.9 Å². The van der Waals surface area contributed by atoms with Crippen molar-refractivity contribution in [2.24, 2.45) is 0 Å². The van der Waals surface area contributed by atoms with Crippen molar-refractivity contribution in [1.82, 2.24) is 0 Å². The molecule has 1 heterocycles. The summed E-state index contributed by atoms with van der Waals surface area (Å²) in [6.45, 7) is 1.84. The summed E-state index contributed by atoms with van der Waals surface area (Å²) in [7, 11) is 0. The summed E-state index contributed by atoms with van der Waals surface area (Å²) in [6.07, 6.45) is 0. The van der Waals surface area contributed by atoms with Crippen molar-refractivity contribution in [2.45, 2.75) is 6.92 Å². The van der Waals surface area contributed by atoms with Crippen LogP contribution in [0.1, 0.15) is 20.8 Å². The molecule has 2 aromatic rings. The lowest BCUT2D eigenvalue weighted by Gasteiger charge is -2.06. The lowest BCUT2D eigenvalue weighted by molar-refractivity contribution is 0.103. The molecule has 1 N–H and O–H groups in total. The van der Waals surface area contributed by atoms with Gasteiger partial charge in [-0.1, -0.05) is 23.2 Å². The third kappa shape index (κ3) is 2.90. The first-order chi connectivity index (χ1) is 9.02. The van der Waals surface area contributed by atoms with E-state index in [2.05, 4.69) is 5.32 Å². The van der Waals surface area contributed by atoms with Crippen molar-refractivity contribution in [3.8, 4) is 6.07 Å². The quantitative estimate of drug-likeness (QED) is 0.888. The van der Waals surface area contributed by atoms with Crippen LogP contribution in [0, 0.1) is 18.3 Å². The molecule has 0 spiro atoms. The van der Waals surface area contributed by atoms with Gasteiger partial charge in [0.1, 0.15) is 4.88 Å². The number of halogens is 2. The minimum atomic E-state index is -0.310. The average Bonchev–Trinajstić information content (AvgIpc) is 2.72. The fourth-order valence-corrected chi connectivity index (χ4v) is 2.85. The molecule has 0 aliphatic heterocycles. The maximum Gasteiger partial charge on any atom is 0.267 e. The second-order valence-corrected chi connectivity index (χ2v) is 5.49. The first-order valence-corrected chi connectivity index (χ1v) is 6.91. The van der Waals surface area contributed by atoms with Crippen molar-refractivity contribution in [2.75, 3.05) is 5.32 Å². The minimum absolute atomic E-state index is 0.310. The Morgan fingerprint density at radius 3 is 2.68 bits per heavy atom. The molecule has 96 valence electrons. The molecule has 1 aromatic carbocycles. The highest BCUT2D eigenvalue weighted by molar-refractivity contribution is 7.13. The highest BCUT2D eigenvalue weighted by Gasteiger charge is 2.15. The summed E-state index contributed by atoms with van der Waals surface area (Å²) in [4.78, 5) is 12.5. The van der Waals surface area contributed by atoms with E-state index in [1.165, 1.54) is 17.4 Å². The Balaban J connectivity index is 2.25. The van der Waals surface area contributed by atoms with Gasteiger partial charge in [-0.05, 0) is 36.1 Å². The van der Waals surface area contributed by atoms with Gasteiger partial charge in [0.15, 0.2) is 0 Å². The van der Waals surface area contributed by atoms with E-state index in [9.17, 15) is 4.79 Å². The first-order valence-electron chi connectivity index (χ1n) is 5.27. The van der Waals surface area contributed by atoms with Gasteiger partial charge in [0, 0.05) is 0 Å². The van der Waals surface area contributed by atoms with Gasteiger partial charge in [-0.2, -0.15) is 5.26 Å². The van der Waals surface area contributed by atoms with Crippen molar-refractivity contribution in [1.29, 1.82) is 5.26 Å². The highest BCUT2D eigenvalue weighted by Crippen LogP contribution is 2.29. The molecule has 0 unspecified atom stereocenters. The third-order valence-corrected chi connectivity index (χ3v) is 4.46. The molecule has 0 fully saturated rings. The molecule has 19 heavy (non-hydrogen) atoms. The smallest absolute Gasteiger partial charge is 0.267 e. The molecular formula is C13H8Cl2N2OS. The largest absolute Gasteiger partial charge is 0.320 e. The number of thiophene rings is 1. The summed E-state index contributed by atoms with van der Waals surface area (Å²) < 4.78 is 0. The Kier molecular flexibility index (Phi) is 4.11. The van der Waals surface area contributed by atoms with E-state index in [1.807, 2.05) is 18.4 Å². The van der Waals surface area contributed by atoms with E-state index in [1.54, 1.807) is 12.1 Å². The summed E-state index contributed by atoms with van der Waals surface area (Å²) >= 11 is 13.3. The fourth-order valence-electron chi connectivity index (χ4n) is 1.45. The van der Waals surface area contributed by atoms with Crippen molar-refractivity contribution in [3.63, 3.8) is 0 Å². The van der Waals surface area contributed by atoms with Gasteiger partial charge < -0.3 is 5.32 Å². The predicted molar refractivity (Wildman–Crippen MR) is 78.2 cm³/mol. The number of carbonyl (C=O) groups is 1. The van der Waals surface area contributed by atoms with E-state index in [4.69, 9.17) is 28.5 Å². The molecule has 0 aliphatic carbocycles. The van der Waals surface area contributed by atoms with Gasteiger partial charge >= 0.3 is 0 Å². The van der Waals surface area contributed by atoms with Crippen molar-refractivity contribution < 1.29 is 4.79 Å². The highest BCUT2D eigenvalue weighted by atomic mass is 35.5. The molecule has 0 aliphatic rings. The molecule has 6 heteroatoms. The maximum absolute atomic E-state index is 12.0. The van der Waals surface area contributed by atoms with Crippen LogP contribution in [0.2, 0.25) is 10.0 Å². The van der Waals surface area contributed by atoms with Gasteiger partial charge in [-0.15, -0.1) is 11.3 Å². The molecule has 3 nitrogen and oxygen atoms in total. The van der Waals surface area contributed by atoms with Gasteiger partial charge in [-0.25, -0.2) is 0 Å². The lowest BCUT2D eigenvalue weighted by atomic mass is 10.2. The Morgan fingerprint density at radius 1 is 1.42 bits per heavy atom. The molecule has 0 bridgehead atoms. The number of benzene rings is 1. The van der Waals surface area contributed by atoms with Crippen LogP contribution < -0.4 is 5.32 Å². The van der Waals surface area contributed by atoms with Gasteiger partial charge in [-0.3, -0.25) is 4.79 Å².